The monoisotopic (exact) mass is 370 g/mol. The van der Waals surface area contributed by atoms with Crippen molar-refractivity contribution in [2.45, 2.75) is 25.4 Å². The number of pyridine rings is 1. The van der Waals surface area contributed by atoms with Gasteiger partial charge in [0.25, 0.3) is 0 Å². The van der Waals surface area contributed by atoms with E-state index in [0.717, 1.165) is 22.6 Å². The molecule has 0 spiro atoms. The first-order valence-electron chi connectivity index (χ1n) is 8.91. The lowest BCUT2D eigenvalue weighted by Gasteiger charge is -2.16. The zero-order chi connectivity index (χ0) is 18.2. The molecule has 1 saturated heterocycles. The van der Waals surface area contributed by atoms with Crippen LogP contribution in [-0.4, -0.2) is 52.0 Å². The number of fused-ring (bicyclic) bond motifs is 2. The molecule has 1 fully saturated rings. The van der Waals surface area contributed by atoms with E-state index in [4.69, 9.17) is 14.2 Å². The number of hydrogen-bond donors (Lipinski definition) is 1. The number of alkyl halides is 1. The number of ether oxygens (including phenoxy) is 3. The molecule has 2 aromatic heterocycles. The number of likely N-dealkylation sites (tertiary alicyclic amines) is 1. The number of H-pyrrole nitrogens is 1. The molecule has 27 heavy (non-hydrogen) atoms. The molecule has 0 radical (unpaired) electrons. The molecule has 1 aromatic carbocycles. The number of aromatic amines is 1. The molecule has 2 unspecified atom stereocenters. The summed E-state index contributed by atoms with van der Waals surface area (Å²) in [7, 11) is 0. The molecule has 0 bridgehead atoms. The van der Waals surface area contributed by atoms with E-state index in [2.05, 4.69) is 15.0 Å². The Hall–Kier alpha value is -2.71. The summed E-state index contributed by atoms with van der Waals surface area (Å²) in [4.78, 5) is 13.7. The van der Waals surface area contributed by atoms with E-state index in [1.807, 2.05) is 35.2 Å². The summed E-state index contributed by atoms with van der Waals surface area (Å²) >= 11 is 0. The van der Waals surface area contributed by atoms with Crippen LogP contribution >= 0.6 is 0 Å². The van der Waals surface area contributed by atoms with Crippen LogP contribution in [0.3, 0.4) is 0 Å². The minimum absolute atomic E-state index is 0.235. The maximum Gasteiger partial charge on any atom is 0.231 e. The largest absolute Gasteiger partial charge is 0.454 e. The SMILES string of the molecule is FC1CN(Cc2ccc3c(c2)OCO3)CC1OCc1nc2ncccc2[nH]1. The van der Waals surface area contributed by atoms with Crippen molar-refractivity contribution in [2.75, 3.05) is 19.9 Å². The molecule has 1 N–H and O–H groups in total. The molecule has 2 aliphatic rings. The van der Waals surface area contributed by atoms with Gasteiger partial charge in [-0.25, -0.2) is 14.4 Å². The van der Waals surface area contributed by atoms with Gasteiger partial charge in [-0.1, -0.05) is 6.07 Å². The van der Waals surface area contributed by atoms with Crippen molar-refractivity contribution in [3.8, 4) is 11.5 Å². The first kappa shape index (κ1) is 16.5. The highest BCUT2D eigenvalue weighted by Gasteiger charge is 2.34. The molecule has 2 atom stereocenters. The second-order valence-electron chi connectivity index (χ2n) is 6.81. The second-order valence-corrected chi connectivity index (χ2v) is 6.81. The van der Waals surface area contributed by atoms with E-state index in [-0.39, 0.29) is 13.4 Å². The third kappa shape index (κ3) is 3.33. The van der Waals surface area contributed by atoms with Gasteiger partial charge >= 0.3 is 0 Å². The van der Waals surface area contributed by atoms with Gasteiger partial charge in [0.05, 0.1) is 5.52 Å². The molecule has 5 rings (SSSR count). The van der Waals surface area contributed by atoms with Gasteiger partial charge in [-0.05, 0) is 29.8 Å². The Morgan fingerprint density at radius 3 is 3.07 bits per heavy atom. The summed E-state index contributed by atoms with van der Waals surface area (Å²) < 4.78 is 30.9. The van der Waals surface area contributed by atoms with Crippen LogP contribution in [-0.2, 0) is 17.9 Å². The lowest BCUT2D eigenvalue weighted by molar-refractivity contribution is 0.00863. The highest BCUT2D eigenvalue weighted by atomic mass is 19.1. The quantitative estimate of drug-likeness (QED) is 0.744. The van der Waals surface area contributed by atoms with E-state index < -0.39 is 12.3 Å². The summed E-state index contributed by atoms with van der Waals surface area (Å²) in [6, 6.07) is 9.57. The van der Waals surface area contributed by atoms with Crippen LogP contribution < -0.4 is 9.47 Å². The van der Waals surface area contributed by atoms with Crippen LogP contribution in [0, 0.1) is 0 Å². The number of nitrogens with zero attached hydrogens (tertiary/aromatic N) is 3. The molecule has 0 aliphatic carbocycles. The number of hydrogen-bond acceptors (Lipinski definition) is 6. The van der Waals surface area contributed by atoms with Crippen molar-refractivity contribution in [2.24, 2.45) is 0 Å². The first-order valence-corrected chi connectivity index (χ1v) is 8.91. The molecule has 0 amide bonds. The molecule has 8 heteroatoms. The number of benzene rings is 1. The fourth-order valence-electron chi connectivity index (χ4n) is 3.54. The van der Waals surface area contributed by atoms with Crippen LogP contribution in [0.1, 0.15) is 11.4 Å². The summed E-state index contributed by atoms with van der Waals surface area (Å²) in [6.45, 7) is 2.02. The van der Waals surface area contributed by atoms with E-state index >= 15 is 0 Å². The summed E-state index contributed by atoms with van der Waals surface area (Å²) in [6.07, 6.45) is 0.192. The Balaban J connectivity index is 1.19. The van der Waals surface area contributed by atoms with Crippen LogP contribution in [0.5, 0.6) is 11.5 Å². The van der Waals surface area contributed by atoms with Gasteiger partial charge < -0.3 is 19.2 Å². The van der Waals surface area contributed by atoms with Gasteiger partial charge in [0.15, 0.2) is 17.1 Å². The zero-order valence-corrected chi connectivity index (χ0v) is 14.6. The second kappa shape index (κ2) is 6.79. The van der Waals surface area contributed by atoms with Crippen molar-refractivity contribution in [1.82, 2.24) is 19.9 Å². The van der Waals surface area contributed by atoms with Gasteiger partial charge in [-0.2, -0.15) is 0 Å². The third-order valence-corrected chi connectivity index (χ3v) is 4.86. The fraction of sp³-hybridized carbons (Fsp3) is 0.368. The topological polar surface area (TPSA) is 72.5 Å². The van der Waals surface area contributed by atoms with E-state index in [1.54, 1.807) is 6.20 Å². The van der Waals surface area contributed by atoms with Crippen molar-refractivity contribution in [3.63, 3.8) is 0 Å². The number of nitrogens with one attached hydrogen (secondary N) is 1. The Morgan fingerprint density at radius 1 is 1.22 bits per heavy atom. The van der Waals surface area contributed by atoms with Crippen LogP contribution in [0.25, 0.3) is 11.2 Å². The Morgan fingerprint density at radius 2 is 2.15 bits per heavy atom. The Labute approximate surface area is 155 Å². The number of aromatic nitrogens is 3. The van der Waals surface area contributed by atoms with Crippen LogP contribution in [0.4, 0.5) is 4.39 Å². The molecule has 7 nitrogen and oxygen atoms in total. The maximum absolute atomic E-state index is 14.4. The number of halogens is 1. The molecule has 3 aromatic rings. The lowest BCUT2D eigenvalue weighted by atomic mass is 10.2. The standard InChI is InChI=1S/C19H19FN4O3/c20-13-8-24(7-12-3-4-15-16(6-12)27-11-26-15)9-17(13)25-10-18-22-14-2-1-5-21-19(14)23-18/h1-6,13,17H,7-11H2,(H,21,22,23). The van der Waals surface area contributed by atoms with Crippen molar-refractivity contribution in [1.29, 1.82) is 0 Å². The van der Waals surface area contributed by atoms with Crippen LogP contribution in [0.15, 0.2) is 36.5 Å². The molecule has 4 heterocycles. The van der Waals surface area contributed by atoms with Gasteiger partial charge in [0.1, 0.15) is 24.7 Å². The fourth-order valence-corrected chi connectivity index (χ4v) is 3.54. The minimum atomic E-state index is -1.03. The highest BCUT2D eigenvalue weighted by molar-refractivity contribution is 5.69. The minimum Gasteiger partial charge on any atom is -0.454 e. The zero-order valence-electron chi connectivity index (χ0n) is 14.6. The Bertz CT molecular complexity index is 930. The van der Waals surface area contributed by atoms with Gasteiger partial charge in [0.2, 0.25) is 6.79 Å². The summed E-state index contributed by atoms with van der Waals surface area (Å²) in [5.41, 5.74) is 2.56. The number of imidazole rings is 1. The predicted molar refractivity (Wildman–Crippen MR) is 95.2 cm³/mol. The van der Waals surface area contributed by atoms with Gasteiger partial charge in [-0.3, -0.25) is 4.90 Å². The summed E-state index contributed by atoms with van der Waals surface area (Å²) in [5, 5.41) is 0. The van der Waals surface area contributed by atoms with Crippen molar-refractivity contribution in [3.05, 3.63) is 47.9 Å². The molecule has 0 saturated carbocycles. The van der Waals surface area contributed by atoms with Crippen molar-refractivity contribution >= 4 is 11.2 Å². The summed E-state index contributed by atoms with van der Waals surface area (Å²) in [5.74, 6) is 2.16. The average molecular weight is 370 g/mol. The lowest BCUT2D eigenvalue weighted by Crippen LogP contribution is -2.24. The van der Waals surface area contributed by atoms with E-state index in [0.29, 0.717) is 31.1 Å². The van der Waals surface area contributed by atoms with Gasteiger partial charge in [-0.15, -0.1) is 0 Å². The maximum atomic E-state index is 14.4. The molecule has 2 aliphatic heterocycles. The first-order chi connectivity index (χ1) is 13.2. The normalized spacial score (nSPS) is 22.0. The van der Waals surface area contributed by atoms with Crippen molar-refractivity contribution < 1.29 is 18.6 Å². The predicted octanol–water partition coefficient (Wildman–Crippen LogP) is 2.43. The molecular formula is C19H19FN4O3. The van der Waals surface area contributed by atoms with Crippen LogP contribution in [0.2, 0.25) is 0 Å². The smallest absolute Gasteiger partial charge is 0.231 e. The van der Waals surface area contributed by atoms with Gasteiger partial charge in [0, 0.05) is 25.8 Å². The molecule has 140 valence electrons. The van der Waals surface area contributed by atoms with E-state index in [9.17, 15) is 4.39 Å². The Kier molecular flexibility index (Phi) is 4.14. The highest BCUT2D eigenvalue weighted by Crippen LogP contribution is 2.33. The molecular weight excluding hydrogens is 351 g/mol. The number of rotatable bonds is 5. The van der Waals surface area contributed by atoms with E-state index in [1.165, 1.54) is 0 Å². The average Bonchev–Trinajstić information content (AvgIpc) is 3.37. The third-order valence-electron chi connectivity index (χ3n) is 4.86.